The van der Waals surface area contributed by atoms with Crippen LogP contribution in [0.25, 0.3) is 0 Å². The number of nitrogens with zero attached hydrogens (tertiary/aromatic N) is 2. The van der Waals surface area contributed by atoms with Crippen LogP contribution in [0.5, 0.6) is 0 Å². The van der Waals surface area contributed by atoms with Crippen molar-refractivity contribution in [3.63, 3.8) is 0 Å². The maximum atomic E-state index is 12.5. The summed E-state index contributed by atoms with van der Waals surface area (Å²) in [6.45, 7) is 5.20. The van der Waals surface area contributed by atoms with Gasteiger partial charge in [0, 0.05) is 29.2 Å². The number of aromatic amines is 1. The molecule has 2 N–H and O–H groups in total. The molecule has 0 saturated carbocycles. The predicted molar refractivity (Wildman–Crippen MR) is 85.8 cm³/mol. The van der Waals surface area contributed by atoms with E-state index in [4.69, 9.17) is 11.6 Å². The van der Waals surface area contributed by atoms with Gasteiger partial charge in [0.2, 0.25) is 0 Å². The highest BCUT2D eigenvalue weighted by Crippen LogP contribution is 2.23. The lowest BCUT2D eigenvalue weighted by Gasteiger charge is -2.28. The van der Waals surface area contributed by atoms with Crippen LogP contribution in [0, 0.1) is 6.92 Å². The fourth-order valence-corrected chi connectivity index (χ4v) is 3.08. The van der Waals surface area contributed by atoms with E-state index in [9.17, 15) is 4.79 Å². The second kappa shape index (κ2) is 6.01. The summed E-state index contributed by atoms with van der Waals surface area (Å²) >= 11 is 6.18. The van der Waals surface area contributed by atoms with Crippen molar-refractivity contribution < 1.29 is 4.79 Å². The first-order valence-electron chi connectivity index (χ1n) is 7.39. The molecule has 1 unspecified atom stereocenters. The van der Waals surface area contributed by atoms with Crippen LogP contribution in [-0.2, 0) is 13.0 Å². The molecule has 0 spiro atoms. The summed E-state index contributed by atoms with van der Waals surface area (Å²) in [5.41, 5.74) is 4.16. The number of hydrogen-bond acceptors (Lipinski definition) is 2. The zero-order valence-corrected chi connectivity index (χ0v) is 13.4. The van der Waals surface area contributed by atoms with Gasteiger partial charge in [-0.25, -0.2) is 4.79 Å². The quantitative estimate of drug-likeness (QED) is 0.893. The van der Waals surface area contributed by atoms with Gasteiger partial charge >= 0.3 is 6.03 Å². The molecule has 0 radical (unpaired) electrons. The number of benzene rings is 1. The van der Waals surface area contributed by atoms with Crippen molar-refractivity contribution in [2.45, 2.75) is 32.9 Å². The summed E-state index contributed by atoms with van der Waals surface area (Å²) < 4.78 is 0. The first-order valence-corrected chi connectivity index (χ1v) is 7.76. The van der Waals surface area contributed by atoms with Crippen molar-refractivity contribution in [3.8, 4) is 0 Å². The number of halogens is 1. The second-order valence-electron chi connectivity index (χ2n) is 5.64. The van der Waals surface area contributed by atoms with E-state index in [1.807, 2.05) is 43.0 Å². The molecular weight excluding hydrogens is 300 g/mol. The van der Waals surface area contributed by atoms with Crippen LogP contribution in [0.1, 0.15) is 35.5 Å². The van der Waals surface area contributed by atoms with E-state index >= 15 is 0 Å². The number of hydrogen-bond donors (Lipinski definition) is 2. The smallest absolute Gasteiger partial charge is 0.318 e. The number of carbonyl (C=O) groups is 1. The highest BCUT2D eigenvalue weighted by atomic mass is 35.5. The monoisotopic (exact) mass is 318 g/mol. The van der Waals surface area contributed by atoms with Crippen molar-refractivity contribution in [3.05, 3.63) is 51.8 Å². The number of carbonyl (C=O) groups excluding carboxylic acids is 1. The molecule has 2 aromatic rings. The molecule has 22 heavy (non-hydrogen) atoms. The van der Waals surface area contributed by atoms with Crippen LogP contribution in [0.2, 0.25) is 5.02 Å². The third kappa shape index (κ3) is 2.81. The zero-order valence-electron chi connectivity index (χ0n) is 12.7. The summed E-state index contributed by atoms with van der Waals surface area (Å²) in [6.07, 6.45) is 0.785. The standard InChI is InChI=1S/C16H19ClN4O/c1-10(12-5-3-4-6-14(12)17)18-16(22)21-8-7-15-13(9-21)11(2)19-20-15/h3-6,10H,7-9H2,1-2H3,(H,18,22)(H,19,20). The Morgan fingerprint density at radius 2 is 2.23 bits per heavy atom. The molecular formula is C16H19ClN4O. The second-order valence-corrected chi connectivity index (χ2v) is 6.05. The molecule has 0 aliphatic carbocycles. The van der Waals surface area contributed by atoms with Gasteiger partial charge in [-0.1, -0.05) is 29.8 Å². The van der Waals surface area contributed by atoms with E-state index in [0.29, 0.717) is 18.1 Å². The summed E-state index contributed by atoms with van der Waals surface area (Å²) in [5.74, 6) is 0. The van der Waals surface area contributed by atoms with E-state index < -0.39 is 0 Å². The van der Waals surface area contributed by atoms with Crippen LogP contribution in [0.15, 0.2) is 24.3 Å². The summed E-state index contributed by atoms with van der Waals surface area (Å²) in [7, 11) is 0. The van der Waals surface area contributed by atoms with Crippen molar-refractivity contribution >= 4 is 17.6 Å². The lowest BCUT2D eigenvalue weighted by Crippen LogP contribution is -2.43. The molecule has 1 aromatic heterocycles. The molecule has 1 atom stereocenters. The topological polar surface area (TPSA) is 61.0 Å². The molecule has 0 fully saturated rings. The number of aromatic nitrogens is 2. The molecule has 2 amide bonds. The van der Waals surface area contributed by atoms with Gasteiger partial charge < -0.3 is 10.2 Å². The van der Waals surface area contributed by atoms with Crippen LogP contribution in [0.3, 0.4) is 0 Å². The molecule has 0 bridgehead atoms. The van der Waals surface area contributed by atoms with Gasteiger partial charge in [0.25, 0.3) is 0 Å². The Balaban J connectivity index is 1.68. The third-order valence-corrected chi connectivity index (χ3v) is 4.47. The maximum Gasteiger partial charge on any atom is 0.318 e. The predicted octanol–water partition coefficient (Wildman–Crippen LogP) is 3.20. The van der Waals surface area contributed by atoms with E-state index in [2.05, 4.69) is 15.5 Å². The largest absolute Gasteiger partial charge is 0.331 e. The Hall–Kier alpha value is -2.01. The van der Waals surface area contributed by atoms with E-state index in [1.54, 1.807) is 0 Å². The molecule has 1 aliphatic rings. The maximum absolute atomic E-state index is 12.5. The summed E-state index contributed by atoms with van der Waals surface area (Å²) in [5, 5.41) is 10.9. The number of H-pyrrole nitrogens is 1. The van der Waals surface area contributed by atoms with Crippen LogP contribution < -0.4 is 5.32 Å². The van der Waals surface area contributed by atoms with Gasteiger partial charge in [0.1, 0.15) is 0 Å². The molecule has 3 rings (SSSR count). The van der Waals surface area contributed by atoms with Gasteiger partial charge in [0.15, 0.2) is 0 Å². The molecule has 1 aliphatic heterocycles. The fraction of sp³-hybridized carbons (Fsp3) is 0.375. The molecule has 116 valence electrons. The Kier molecular flexibility index (Phi) is 4.07. The molecule has 6 heteroatoms. The lowest BCUT2D eigenvalue weighted by atomic mass is 10.1. The Morgan fingerprint density at radius 3 is 3.00 bits per heavy atom. The highest BCUT2D eigenvalue weighted by molar-refractivity contribution is 6.31. The van der Waals surface area contributed by atoms with Gasteiger partial charge in [0.05, 0.1) is 18.3 Å². The third-order valence-electron chi connectivity index (χ3n) is 4.13. The van der Waals surface area contributed by atoms with Crippen LogP contribution in [-0.4, -0.2) is 27.7 Å². The Labute approximate surface area is 134 Å². The van der Waals surface area contributed by atoms with E-state index in [0.717, 1.165) is 28.9 Å². The van der Waals surface area contributed by atoms with Gasteiger partial charge in [-0.3, -0.25) is 5.10 Å². The average Bonchev–Trinajstić information content (AvgIpc) is 2.88. The summed E-state index contributed by atoms with van der Waals surface area (Å²) in [4.78, 5) is 14.3. The highest BCUT2D eigenvalue weighted by Gasteiger charge is 2.25. The lowest BCUT2D eigenvalue weighted by molar-refractivity contribution is 0.189. The normalized spacial score (nSPS) is 15.3. The molecule has 5 nitrogen and oxygen atoms in total. The zero-order chi connectivity index (χ0) is 15.7. The minimum absolute atomic E-state index is 0.0707. The number of urea groups is 1. The number of aryl methyl sites for hydroxylation is 1. The minimum Gasteiger partial charge on any atom is -0.331 e. The Bertz CT molecular complexity index is 697. The van der Waals surface area contributed by atoms with Crippen molar-refractivity contribution in [2.24, 2.45) is 0 Å². The first kappa shape index (κ1) is 14.9. The first-order chi connectivity index (χ1) is 10.6. The van der Waals surface area contributed by atoms with E-state index in [1.165, 1.54) is 0 Å². The minimum atomic E-state index is -0.131. The van der Waals surface area contributed by atoms with Crippen molar-refractivity contribution in [2.75, 3.05) is 6.54 Å². The van der Waals surface area contributed by atoms with Crippen molar-refractivity contribution in [1.29, 1.82) is 0 Å². The SMILES string of the molecule is Cc1[nH]nc2c1CN(C(=O)NC(C)c1ccccc1Cl)CC2. The molecule has 2 heterocycles. The Morgan fingerprint density at radius 1 is 1.45 bits per heavy atom. The number of rotatable bonds is 2. The average molecular weight is 319 g/mol. The fourth-order valence-electron chi connectivity index (χ4n) is 2.78. The summed E-state index contributed by atoms with van der Waals surface area (Å²) in [6, 6.07) is 7.37. The number of amides is 2. The van der Waals surface area contributed by atoms with Crippen LogP contribution >= 0.6 is 11.6 Å². The molecule has 0 saturated heterocycles. The van der Waals surface area contributed by atoms with Gasteiger partial charge in [-0.05, 0) is 25.5 Å². The van der Waals surface area contributed by atoms with E-state index in [-0.39, 0.29) is 12.1 Å². The van der Waals surface area contributed by atoms with Crippen molar-refractivity contribution in [1.82, 2.24) is 20.4 Å². The molecule has 1 aromatic carbocycles. The van der Waals surface area contributed by atoms with Gasteiger partial charge in [-0.2, -0.15) is 5.10 Å². The van der Waals surface area contributed by atoms with Gasteiger partial charge in [-0.15, -0.1) is 0 Å². The number of fused-ring (bicyclic) bond motifs is 1. The number of nitrogens with one attached hydrogen (secondary N) is 2. The van der Waals surface area contributed by atoms with Crippen LogP contribution in [0.4, 0.5) is 4.79 Å².